The number of piperidine rings is 1. The molecular weight excluding hydrogens is 250 g/mol. The van der Waals surface area contributed by atoms with Gasteiger partial charge in [-0.1, -0.05) is 25.0 Å². The van der Waals surface area contributed by atoms with Gasteiger partial charge in [0.2, 0.25) is 0 Å². The fourth-order valence-corrected chi connectivity index (χ4v) is 4.39. The average molecular weight is 277 g/mol. The van der Waals surface area contributed by atoms with Crippen LogP contribution in [0.4, 0.5) is 0 Å². The summed E-state index contributed by atoms with van der Waals surface area (Å²) in [6, 6.07) is 1.15. The molecule has 112 valence electrons. The molecule has 0 radical (unpaired) electrons. The first kappa shape index (κ1) is 14.1. The van der Waals surface area contributed by atoms with Crippen LogP contribution in [-0.4, -0.2) is 24.2 Å². The molecule has 6 atom stereocenters. The molecule has 1 saturated carbocycles. The summed E-state index contributed by atoms with van der Waals surface area (Å²) in [5.41, 5.74) is 0. The van der Waals surface area contributed by atoms with Crippen LogP contribution in [0.2, 0.25) is 0 Å². The van der Waals surface area contributed by atoms with Crippen molar-refractivity contribution < 1.29 is 9.53 Å². The summed E-state index contributed by atoms with van der Waals surface area (Å²) in [5, 5.41) is 3.65. The molecule has 3 fully saturated rings. The lowest BCUT2D eigenvalue weighted by atomic mass is 9.71. The lowest BCUT2D eigenvalue weighted by Gasteiger charge is -2.32. The maximum absolute atomic E-state index is 11.9. The van der Waals surface area contributed by atoms with Crippen molar-refractivity contribution >= 4 is 5.97 Å². The van der Waals surface area contributed by atoms with Crippen molar-refractivity contribution in [3.05, 3.63) is 12.2 Å². The Morgan fingerprint density at radius 3 is 2.70 bits per heavy atom. The quantitative estimate of drug-likeness (QED) is 0.623. The van der Waals surface area contributed by atoms with Crippen LogP contribution >= 0.6 is 0 Å². The Hall–Kier alpha value is -0.830. The van der Waals surface area contributed by atoms with E-state index in [2.05, 4.69) is 31.3 Å². The number of carbonyl (C=O) groups is 1. The third-order valence-electron chi connectivity index (χ3n) is 5.40. The second-order valence-electron chi connectivity index (χ2n) is 6.91. The molecule has 1 N–H and O–H groups in total. The number of ether oxygens (including phenoxy) is 1. The van der Waals surface area contributed by atoms with Gasteiger partial charge in [-0.3, -0.25) is 4.79 Å². The molecular formula is C17H27NO2. The number of carbonyl (C=O) groups excluding carboxylic acids is 1. The van der Waals surface area contributed by atoms with Crippen LogP contribution in [0.5, 0.6) is 0 Å². The zero-order valence-electron chi connectivity index (χ0n) is 12.7. The number of rotatable bonds is 2. The minimum absolute atomic E-state index is 0.0463. The first-order chi connectivity index (χ1) is 9.65. The molecule has 0 bridgehead atoms. The van der Waals surface area contributed by atoms with Gasteiger partial charge in [0.05, 0.1) is 5.92 Å². The largest absolute Gasteiger partial charge is 0.462 e. The summed E-state index contributed by atoms with van der Waals surface area (Å²) in [7, 11) is 0. The molecule has 6 unspecified atom stereocenters. The van der Waals surface area contributed by atoms with Crippen molar-refractivity contribution in [2.24, 2.45) is 17.8 Å². The van der Waals surface area contributed by atoms with Crippen molar-refractivity contribution in [3.63, 3.8) is 0 Å². The highest BCUT2D eigenvalue weighted by Crippen LogP contribution is 2.43. The first-order valence-electron chi connectivity index (χ1n) is 8.30. The van der Waals surface area contributed by atoms with Crippen LogP contribution in [0.1, 0.15) is 52.4 Å². The van der Waals surface area contributed by atoms with Gasteiger partial charge in [-0.15, -0.1) is 0 Å². The van der Waals surface area contributed by atoms with Crippen LogP contribution in [0.25, 0.3) is 0 Å². The van der Waals surface area contributed by atoms with Gasteiger partial charge in [0.1, 0.15) is 6.10 Å². The summed E-state index contributed by atoms with van der Waals surface area (Å²) in [6.45, 7) is 4.33. The highest BCUT2D eigenvalue weighted by atomic mass is 16.6. The first-order valence-corrected chi connectivity index (χ1v) is 8.30. The monoisotopic (exact) mass is 277 g/mol. The smallest absolute Gasteiger partial charge is 0.309 e. The molecule has 0 aromatic rings. The Kier molecular flexibility index (Phi) is 4.16. The van der Waals surface area contributed by atoms with Gasteiger partial charge in [0.25, 0.3) is 0 Å². The van der Waals surface area contributed by atoms with Gasteiger partial charge in [-0.05, 0) is 45.4 Å². The number of hydrogen-bond acceptors (Lipinski definition) is 3. The van der Waals surface area contributed by atoms with Crippen LogP contribution in [0, 0.1) is 17.8 Å². The highest BCUT2D eigenvalue weighted by molar-refractivity contribution is 5.75. The Labute approximate surface area is 122 Å². The fourth-order valence-electron chi connectivity index (χ4n) is 4.39. The van der Waals surface area contributed by atoms with Gasteiger partial charge >= 0.3 is 5.97 Å². The van der Waals surface area contributed by atoms with Gasteiger partial charge in [0, 0.05) is 18.0 Å². The molecule has 3 heteroatoms. The summed E-state index contributed by atoms with van der Waals surface area (Å²) in [5.74, 6) is 1.14. The number of esters is 1. The molecule has 0 amide bonds. The van der Waals surface area contributed by atoms with Crippen molar-refractivity contribution in [1.29, 1.82) is 0 Å². The lowest BCUT2D eigenvalue weighted by molar-refractivity contribution is -0.143. The summed E-state index contributed by atoms with van der Waals surface area (Å²) >= 11 is 0. The number of cyclic esters (lactones) is 1. The minimum Gasteiger partial charge on any atom is -0.462 e. The molecule has 0 aromatic carbocycles. The Bertz CT molecular complexity index is 392. The fraction of sp³-hybridized carbons (Fsp3) is 0.824. The van der Waals surface area contributed by atoms with E-state index in [0.717, 1.165) is 12.8 Å². The van der Waals surface area contributed by atoms with Crippen molar-refractivity contribution in [2.75, 3.05) is 0 Å². The van der Waals surface area contributed by atoms with E-state index in [-0.39, 0.29) is 18.0 Å². The summed E-state index contributed by atoms with van der Waals surface area (Å²) in [6.07, 6.45) is 12.1. The Morgan fingerprint density at radius 1 is 1.10 bits per heavy atom. The normalized spacial score (nSPS) is 45.4. The molecule has 2 aliphatic heterocycles. The highest BCUT2D eigenvalue weighted by Gasteiger charge is 2.47. The van der Waals surface area contributed by atoms with E-state index in [1.807, 2.05) is 0 Å². The number of hydrogen-bond donors (Lipinski definition) is 1. The van der Waals surface area contributed by atoms with Crippen LogP contribution < -0.4 is 5.32 Å². The topological polar surface area (TPSA) is 38.3 Å². The Morgan fingerprint density at radius 2 is 1.90 bits per heavy atom. The van der Waals surface area contributed by atoms with E-state index in [0.29, 0.717) is 23.9 Å². The van der Waals surface area contributed by atoms with E-state index in [1.165, 1.54) is 25.7 Å². The second-order valence-corrected chi connectivity index (χ2v) is 6.91. The SMILES string of the molecule is CC1CCCC(/C=C/C2CCCC3C(=O)OC(C)C23)N1. The lowest BCUT2D eigenvalue weighted by Crippen LogP contribution is -2.39. The second kappa shape index (κ2) is 5.88. The number of nitrogens with one attached hydrogen (secondary N) is 1. The third kappa shape index (κ3) is 2.78. The molecule has 2 saturated heterocycles. The van der Waals surface area contributed by atoms with E-state index in [4.69, 9.17) is 4.74 Å². The zero-order chi connectivity index (χ0) is 14.1. The molecule has 3 nitrogen and oxygen atoms in total. The maximum atomic E-state index is 11.9. The van der Waals surface area contributed by atoms with E-state index in [1.54, 1.807) is 0 Å². The standard InChI is InChI=1S/C17H27NO2/c1-11-5-3-7-14(18-11)10-9-13-6-4-8-15-16(13)12(2)20-17(15)19/h9-16,18H,3-8H2,1-2H3/b10-9+. The molecule has 0 aromatic heterocycles. The van der Waals surface area contributed by atoms with E-state index >= 15 is 0 Å². The van der Waals surface area contributed by atoms with Crippen molar-refractivity contribution in [2.45, 2.75) is 70.6 Å². The number of allylic oxidation sites excluding steroid dienone is 1. The van der Waals surface area contributed by atoms with Gasteiger partial charge in [-0.25, -0.2) is 0 Å². The number of fused-ring (bicyclic) bond motifs is 1. The van der Waals surface area contributed by atoms with Gasteiger partial charge in [0.15, 0.2) is 0 Å². The van der Waals surface area contributed by atoms with E-state index < -0.39 is 0 Å². The van der Waals surface area contributed by atoms with Crippen molar-refractivity contribution in [3.8, 4) is 0 Å². The molecule has 2 heterocycles. The van der Waals surface area contributed by atoms with Crippen LogP contribution in [-0.2, 0) is 9.53 Å². The van der Waals surface area contributed by atoms with E-state index in [9.17, 15) is 4.79 Å². The molecule has 3 rings (SSSR count). The Balaban J connectivity index is 1.65. The molecule has 3 aliphatic rings. The van der Waals surface area contributed by atoms with Crippen LogP contribution in [0.3, 0.4) is 0 Å². The minimum atomic E-state index is 0.0463. The third-order valence-corrected chi connectivity index (χ3v) is 5.40. The van der Waals surface area contributed by atoms with Gasteiger partial charge in [-0.2, -0.15) is 0 Å². The van der Waals surface area contributed by atoms with Gasteiger partial charge < -0.3 is 10.1 Å². The average Bonchev–Trinajstić information content (AvgIpc) is 2.73. The molecule has 20 heavy (non-hydrogen) atoms. The molecule has 1 aliphatic carbocycles. The predicted octanol–water partition coefficient (Wildman–Crippen LogP) is 3.05. The predicted molar refractivity (Wildman–Crippen MR) is 79.3 cm³/mol. The summed E-state index contributed by atoms with van der Waals surface area (Å²) < 4.78 is 5.46. The summed E-state index contributed by atoms with van der Waals surface area (Å²) in [4.78, 5) is 11.9. The maximum Gasteiger partial charge on any atom is 0.309 e. The van der Waals surface area contributed by atoms with Crippen LogP contribution in [0.15, 0.2) is 12.2 Å². The van der Waals surface area contributed by atoms with Crippen molar-refractivity contribution in [1.82, 2.24) is 5.32 Å². The zero-order valence-corrected chi connectivity index (χ0v) is 12.7. The molecule has 0 spiro atoms.